The highest BCUT2D eigenvalue weighted by Gasteiger charge is 2.15. The molecule has 1 aromatic rings. The van der Waals surface area contributed by atoms with Crippen LogP contribution in [0.3, 0.4) is 0 Å². The van der Waals surface area contributed by atoms with Gasteiger partial charge in [-0.25, -0.2) is 8.42 Å². The zero-order valence-electron chi connectivity index (χ0n) is 15.5. The molecule has 0 saturated carbocycles. The van der Waals surface area contributed by atoms with Crippen molar-refractivity contribution in [1.82, 2.24) is 10.6 Å². The summed E-state index contributed by atoms with van der Waals surface area (Å²) < 4.78 is 33.9. The lowest BCUT2D eigenvalue weighted by Crippen LogP contribution is -2.37. The van der Waals surface area contributed by atoms with E-state index in [0.29, 0.717) is 29.9 Å². The lowest BCUT2D eigenvalue weighted by atomic mass is 10.1. The molecule has 2 N–H and O–H groups in total. The van der Waals surface area contributed by atoms with Crippen LogP contribution in [0.2, 0.25) is 0 Å². The van der Waals surface area contributed by atoms with E-state index in [0.717, 1.165) is 44.8 Å². The molecule has 0 radical (unpaired) electrons. The Morgan fingerprint density at radius 1 is 1.31 bits per heavy atom. The molecular weight excluding hydrogens is 354 g/mol. The summed E-state index contributed by atoms with van der Waals surface area (Å²) in [5, 5.41) is 6.45. The average Bonchev–Trinajstić information content (AvgIpc) is 3.13. The summed E-state index contributed by atoms with van der Waals surface area (Å²) in [7, 11) is -1.44. The monoisotopic (exact) mass is 383 g/mol. The highest BCUT2D eigenvalue weighted by atomic mass is 32.2. The number of hydrogen-bond acceptors (Lipinski definition) is 5. The molecule has 1 aromatic carbocycles. The van der Waals surface area contributed by atoms with Gasteiger partial charge in [0.1, 0.15) is 0 Å². The van der Waals surface area contributed by atoms with E-state index in [4.69, 9.17) is 9.47 Å². The Balaban J connectivity index is 1.61. The van der Waals surface area contributed by atoms with Crippen LogP contribution in [-0.2, 0) is 25.9 Å². The van der Waals surface area contributed by atoms with Crippen LogP contribution in [-0.4, -0.2) is 60.7 Å². The third-order valence-electron chi connectivity index (χ3n) is 4.17. The van der Waals surface area contributed by atoms with Crippen LogP contribution in [0.15, 0.2) is 34.2 Å². The van der Waals surface area contributed by atoms with Crippen LogP contribution in [0, 0.1) is 5.92 Å². The fourth-order valence-electron chi connectivity index (χ4n) is 2.61. The van der Waals surface area contributed by atoms with Gasteiger partial charge in [0.05, 0.1) is 18.1 Å². The van der Waals surface area contributed by atoms with E-state index in [1.165, 1.54) is 6.26 Å². The third kappa shape index (κ3) is 7.31. The van der Waals surface area contributed by atoms with Gasteiger partial charge in [-0.05, 0) is 30.5 Å². The number of hydrogen-bond donors (Lipinski definition) is 2. The van der Waals surface area contributed by atoms with Gasteiger partial charge < -0.3 is 20.1 Å². The SMILES string of the molecule is CN=C(NCCCOCC1CCOC1)NCc1ccc(S(C)(=O)=O)cc1. The van der Waals surface area contributed by atoms with Crippen molar-refractivity contribution in [1.29, 1.82) is 0 Å². The van der Waals surface area contributed by atoms with Gasteiger partial charge in [0.2, 0.25) is 0 Å². The molecule has 1 heterocycles. The molecule has 0 bridgehead atoms. The van der Waals surface area contributed by atoms with Gasteiger partial charge in [-0.2, -0.15) is 0 Å². The van der Waals surface area contributed by atoms with Crippen molar-refractivity contribution >= 4 is 15.8 Å². The summed E-state index contributed by atoms with van der Waals surface area (Å²) in [5.41, 5.74) is 0.988. The Kier molecular flexibility index (Phi) is 8.34. The maximum Gasteiger partial charge on any atom is 0.191 e. The van der Waals surface area contributed by atoms with Crippen LogP contribution < -0.4 is 10.6 Å². The second kappa shape index (κ2) is 10.5. The fraction of sp³-hybridized carbons (Fsp3) is 0.611. The largest absolute Gasteiger partial charge is 0.381 e. The summed E-state index contributed by atoms with van der Waals surface area (Å²) in [6.07, 6.45) is 3.20. The minimum Gasteiger partial charge on any atom is -0.381 e. The van der Waals surface area contributed by atoms with Crippen LogP contribution in [0.25, 0.3) is 0 Å². The second-order valence-corrected chi connectivity index (χ2v) is 8.44. The normalized spacial score (nSPS) is 18.1. The number of guanidine groups is 1. The molecule has 0 aromatic heterocycles. The zero-order chi connectivity index (χ0) is 18.8. The number of nitrogens with one attached hydrogen (secondary N) is 2. The molecule has 1 saturated heterocycles. The molecule has 7 nitrogen and oxygen atoms in total. The molecule has 1 unspecified atom stereocenters. The quantitative estimate of drug-likeness (QED) is 0.378. The number of benzene rings is 1. The lowest BCUT2D eigenvalue weighted by molar-refractivity contribution is 0.0888. The van der Waals surface area contributed by atoms with Crippen molar-refractivity contribution in [3.63, 3.8) is 0 Å². The number of nitrogens with zero attached hydrogens (tertiary/aromatic N) is 1. The summed E-state index contributed by atoms with van der Waals surface area (Å²) >= 11 is 0. The summed E-state index contributed by atoms with van der Waals surface area (Å²) in [5.74, 6) is 1.26. The lowest BCUT2D eigenvalue weighted by Gasteiger charge is -2.13. The molecule has 2 rings (SSSR count). The first-order chi connectivity index (χ1) is 12.5. The maximum atomic E-state index is 11.5. The maximum absolute atomic E-state index is 11.5. The van der Waals surface area contributed by atoms with Crippen LogP contribution in [0.5, 0.6) is 0 Å². The van der Waals surface area contributed by atoms with Crippen molar-refractivity contribution < 1.29 is 17.9 Å². The summed E-state index contributed by atoms with van der Waals surface area (Å²) in [6, 6.07) is 6.85. The van der Waals surface area contributed by atoms with E-state index >= 15 is 0 Å². The van der Waals surface area contributed by atoms with E-state index in [-0.39, 0.29) is 0 Å². The molecule has 0 spiro atoms. The highest BCUT2D eigenvalue weighted by molar-refractivity contribution is 7.90. The first kappa shape index (κ1) is 20.7. The van der Waals surface area contributed by atoms with Crippen LogP contribution in [0.4, 0.5) is 0 Å². The van der Waals surface area contributed by atoms with E-state index in [9.17, 15) is 8.42 Å². The van der Waals surface area contributed by atoms with Gasteiger partial charge in [0, 0.05) is 45.5 Å². The Bertz CT molecular complexity index is 668. The number of rotatable bonds is 9. The second-order valence-electron chi connectivity index (χ2n) is 6.43. The van der Waals surface area contributed by atoms with Crippen molar-refractivity contribution in [2.75, 3.05) is 46.3 Å². The van der Waals surface area contributed by atoms with Crippen LogP contribution in [0.1, 0.15) is 18.4 Å². The highest BCUT2D eigenvalue weighted by Crippen LogP contribution is 2.12. The van der Waals surface area contributed by atoms with E-state index in [1.54, 1.807) is 31.3 Å². The van der Waals surface area contributed by atoms with E-state index < -0.39 is 9.84 Å². The Labute approximate surface area is 156 Å². The molecule has 1 atom stereocenters. The average molecular weight is 384 g/mol. The number of ether oxygens (including phenoxy) is 2. The van der Waals surface area contributed by atoms with Gasteiger partial charge >= 0.3 is 0 Å². The van der Waals surface area contributed by atoms with Crippen LogP contribution >= 0.6 is 0 Å². The molecule has 1 aliphatic heterocycles. The zero-order valence-corrected chi connectivity index (χ0v) is 16.3. The van der Waals surface area contributed by atoms with Gasteiger partial charge in [0.15, 0.2) is 15.8 Å². The molecule has 1 aliphatic rings. The standard InChI is InChI=1S/C18H29N3O4S/c1-19-18(20-9-3-10-24-13-16-8-11-25-14-16)21-12-15-4-6-17(7-5-15)26(2,22)23/h4-7,16H,3,8-14H2,1-2H3,(H2,19,20,21). The van der Waals surface area contributed by atoms with Crippen molar-refractivity contribution in [3.8, 4) is 0 Å². The predicted molar refractivity (Wildman–Crippen MR) is 102 cm³/mol. The number of aliphatic imine (C=N–C) groups is 1. The van der Waals surface area contributed by atoms with Crippen molar-refractivity contribution in [2.24, 2.45) is 10.9 Å². The first-order valence-corrected chi connectivity index (χ1v) is 10.8. The fourth-order valence-corrected chi connectivity index (χ4v) is 3.24. The molecule has 0 aliphatic carbocycles. The minimum atomic E-state index is -3.16. The van der Waals surface area contributed by atoms with Crippen molar-refractivity contribution in [2.45, 2.75) is 24.3 Å². The summed E-state index contributed by atoms with van der Waals surface area (Å²) in [6.45, 7) is 4.51. The Morgan fingerprint density at radius 3 is 2.69 bits per heavy atom. The molecule has 26 heavy (non-hydrogen) atoms. The molecule has 0 amide bonds. The first-order valence-electron chi connectivity index (χ1n) is 8.88. The topological polar surface area (TPSA) is 89.0 Å². The molecule has 1 fully saturated rings. The van der Waals surface area contributed by atoms with Gasteiger partial charge in [0.25, 0.3) is 0 Å². The van der Waals surface area contributed by atoms with E-state index in [1.807, 2.05) is 0 Å². The molecule has 8 heteroatoms. The molecule has 146 valence electrons. The number of sulfone groups is 1. The Morgan fingerprint density at radius 2 is 2.08 bits per heavy atom. The van der Waals surface area contributed by atoms with Gasteiger partial charge in [-0.3, -0.25) is 4.99 Å². The van der Waals surface area contributed by atoms with Gasteiger partial charge in [-0.1, -0.05) is 12.1 Å². The smallest absolute Gasteiger partial charge is 0.191 e. The Hall–Kier alpha value is -1.64. The minimum absolute atomic E-state index is 0.327. The van der Waals surface area contributed by atoms with E-state index in [2.05, 4.69) is 15.6 Å². The predicted octanol–water partition coefficient (Wildman–Crippen LogP) is 1.20. The van der Waals surface area contributed by atoms with Gasteiger partial charge in [-0.15, -0.1) is 0 Å². The third-order valence-corrected chi connectivity index (χ3v) is 5.30. The molecular formula is C18H29N3O4S. The summed E-state index contributed by atoms with van der Waals surface area (Å²) in [4.78, 5) is 4.51. The van der Waals surface area contributed by atoms with Crippen molar-refractivity contribution in [3.05, 3.63) is 29.8 Å².